The smallest absolute Gasteiger partial charge is 0.124 e. The van der Waals surface area contributed by atoms with Crippen molar-refractivity contribution in [2.75, 3.05) is 39.9 Å². The molecule has 0 aliphatic carbocycles. The lowest BCUT2D eigenvalue weighted by Gasteiger charge is -2.27. The molecule has 1 saturated heterocycles. The van der Waals surface area contributed by atoms with Gasteiger partial charge >= 0.3 is 0 Å². The zero-order valence-electron chi connectivity index (χ0n) is 12.9. The summed E-state index contributed by atoms with van der Waals surface area (Å²) in [6.45, 7) is 5.66. The van der Waals surface area contributed by atoms with Crippen LogP contribution >= 0.6 is 0 Å². The second kappa shape index (κ2) is 7.14. The molecule has 1 unspecified atom stereocenters. The van der Waals surface area contributed by atoms with Crippen molar-refractivity contribution in [3.63, 3.8) is 0 Å². The van der Waals surface area contributed by atoms with E-state index >= 15 is 0 Å². The third kappa shape index (κ3) is 3.69. The van der Waals surface area contributed by atoms with Gasteiger partial charge < -0.3 is 19.7 Å². The number of hydrogen-bond donors (Lipinski definition) is 1. The van der Waals surface area contributed by atoms with Crippen LogP contribution in [0.25, 0.3) is 0 Å². The van der Waals surface area contributed by atoms with Crippen molar-refractivity contribution in [2.45, 2.75) is 31.7 Å². The average molecular weight is 290 g/mol. The van der Waals surface area contributed by atoms with Crippen molar-refractivity contribution < 1.29 is 9.47 Å². The number of benzene rings is 1. The molecule has 1 aromatic carbocycles. The van der Waals surface area contributed by atoms with Crippen LogP contribution in [0.2, 0.25) is 0 Å². The molecular weight excluding hydrogens is 264 g/mol. The standard InChI is InChI=1S/C17H26N2O2/c1-20-14-5-6-17-15(13-14)16(7-12-21-17)18-8-4-11-19-9-2-3-10-19/h5-6,13,16,18H,2-4,7-12H2,1H3. The van der Waals surface area contributed by atoms with E-state index in [0.29, 0.717) is 6.04 Å². The highest BCUT2D eigenvalue weighted by molar-refractivity contribution is 5.43. The molecule has 2 heterocycles. The van der Waals surface area contributed by atoms with Gasteiger partial charge in [-0.1, -0.05) is 0 Å². The molecule has 0 aromatic heterocycles. The summed E-state index contributed by atoms with van der Waals surface area (Å²) in [5.74, 6) is 1.90. The molecule has 0 amide bonds. The van der Waals surface area contributed by atoms with Gasteiger partial charge in [0.2, 0.25) is 0 Å². The van der Waals surface area contributed by atoms with E-state index in [2.05, 4.69) is 16.3 Å². The van der Waals surface area contributed by atoms with Crippen molar-refractivity contribution >= 4 is 0 Å². The van der Waals surface area contributed by atoms with E-state index in [-0.39, 0.29) is 0 Å². The molecule has 1 fully saturated rings. The van der Waals surface area contributed by atoms with Crippen molar-refractivity contribution in [1.82, 2.24) is 10.2 Å². The van der Waals surface area contributed by atoms with Crippen LogP contribution in [0.3, 0.4) is 0 Å². The van der Waals surface area contributed by atoms with Gasteiger partial charge in [0.25, 0.3) is 0 Å². The van der Waals surface area contributed by atoms with E-state index in [1.54, 1.807) is 7.11 Å². The Kier molecular flexibility index (Phi) is 4.99. The molecule has 21 heavy (non-hydrogen) atoms. The van der Waals surface area contributed by atoms with Gasteiger partial charge in [0, 0.05) is 18.0 Å². The highest BCUT2D eigenvalue weighted by Crippen LogP contribution is 2.34. The van der Waals surface area contributed by atoms with Crippen molar-refractivity contribution in [3.05, 3.63) is 23.8 Å². The number of methoxy groups -OCH3 is 1. The lowest BCUT2D eigenvalue weighted by Crippen LogP contribution is -2.30. The first-order valence-electron chi connectivity index (χ1n) is 8.13. The maximum Gasteiger partial charge on any atom is 0.124 e. The summed E-state index contributed by atoms with van der Waals surface area (Å²) in [6, 6.07) is 6.48. The first-order valence-corrected chi connectivity index (χ1v) is 8.13. The lowest BCUT2D eigenvalue weighted by atomic mass is 10.00. The second-order valence-corrected chi connectivity index (χ2v) is 5.95. The predicted molar refractivity (Wildman–Crippen MR) is 84.1 cm³/mol. The number of nitrogens with zero attached hydrogens (tertiary/aromatic N) is 1. The third-order valence-corrected chi connectivity index (χ3v) is 4.50. The fourth-order valence-corrected chi connectivity index (χ4v) is 3.30. The molecule has 1 atom stereocenters. The van der Waals surface area contributed by atoms with Crippen molar-refractivity contribution in [3.8, 4) is 11.5 Å². The largest absolute Gasteiger partial charge is 0.497 e. The highest BCUT2D eigenvalue weighted by Gasteiger charge is 2.21. The number of ether oxygens (including phenoxy) is 2. The van der Waals surface area contributed by atoms with Crippen LogP contribution < -0.4 is 14.8 Å². The molecule has 0 spiro atoms. The van der Waals surface area contributed by atoms with E-state index < -0.39 is 0 Å². The summed E-state index contributed by atoms with van der Waals surface area (Å²) >= 11 is 0. The summed E-state index contributed by atoms with van der Waals surface area (Å²) in [5, 5.41) is 3.69. The van der Waals surface area contributed by atoms with Gasteiger partial charge in [-0.25, -0.2) is 0 Å². The van der Waals surface area contributed by atoms with Gasteiger partial charge in [-0.3, -0.25) is 0 Å². The Bertz CT molecular complexity index is 458. The summed E-state index contributed by atoms with van der Waals surface area (Å²) < 4.78 is 11.1. The summed E-state index contributed by atoms with van der Waals surface area (Å²) in [4.78, 5) is 2.57. The summed E-state index contributed by atoms with van der Waals surface area (Å²) in [7, 11) is 1.71. The van der Waals surface area contributed by atoms with Crippen molar-refractivity contribution in [1.29, 1.82) is 0 Å². The van der Waals surface area contributed by atoms with Crippen LogP contribution in [0.4, 0.5) is 0 Å². The molecule has 3 rings (SSSR count). The highest BCUT2D eigenvalue weighted by atomic mass is 16.5. The quantitative estimate of drug-likeness (QED) is 0.817. The Morgan fingerprint density at radius 2 is 2.19 bits per heavy atom. The molecule has 2 aliphatic rings. The lowest BCUT2D eigenvalue weighted by molar-refractivity contribution is 0.249. The van der Waals surface area contributed by atoms with Gasteiger partial charge in [0.05, 0.1) is 13.7 Å². The Hall–Kier alpha value is -1.26. The monoisotopic (exact) mass is 290 g/mol. The van der Waals surface area contributed by atoms with E-state index in [0.717, 1.165) is 31.1 Å². The minimum absolute atomic E-state index is 0.391. The number of nitrogens with one attached hydrogen (secondary N) is 1. The Morgan fingerprint density at radius 1 is 1.33 bits per heavy atom. The fraction of sp³-hybridized carbons (Fsp3) is 0.647. The van der Waals surface area contributed by atoms with Crippen LogP contribution in [-0.4, -0.2) is 44.8 Å². The molecule has 0 bridgehead atoms. The number of hydrogen-bond acceptors (Lipinski definition) is 4. The Balaban J connectivity index is 1.52. The SMILES string of the molecule is COc1ccc2c(c1)C(NCCCN1CCCC1)CCO2. The first kappa shape index (κ1) is 14.7. The minimum Gasteiger partial charge on any atom is -0.497 e. The number of fused-ring (bicyclic) bond motifs is 1. The molecule has 4 heteroatoms. The second-order valence-electron chi connectivity index (χ2n) is 5.95. The molecule has 1 N–H and O–H groups in total. The van der Waals surface area contributed by atoms with Gasteiger partial charge in [-0.15, -0.1) is 0 Å². The molecule has 1 aromatic rings. The first-order chi connectivity index (χ1) is 10.4. The molecule has 0 saturated carbocycles. The van der Waals surface area contributed by atoms with Gasteiger partial charge in [0.1, 0.15) is 11.5 Å². The Morgan fingerprint density at radius 3 is 3.00 bits per heavy atom. The van der Waals surface area contributed by atoms with Gasteiger partial charge in [-0.05, 0) is 63.6 Å². The third-order valence-electron chi connectivity index (χ3n) is 4.50. The minimum atomic E-state index is 0.391. The maximum atomic E-state index is 5.74. The molecular formula is C17H26N2O2. The normalized spacial score (nSPS) is 21.9. The van der Waals surface area contributed by atoms with Crippen molar-refractivity contribution in [2.24, 2.45) is 0 Å². The van der Waals surface area contributed by atoms with Crippen LogP contribution in [0.1, 0.15) is 37.3 Å². The predicted octanol–water partition coefficient (Wildman–Crippen LogP) is 2.59. The molecule has 116 valence electrons. The number of likely N-dealkylation sites (tertiary alicyclic amines) is 1. The zero-order valence-corrected chi connectivity index (χ0v) is 12.9. The average Bonchev–Trinajstić information content (AvgIpc) is 3.04. The summed E-state index contributed by atoms with van der Waals surface area (Å²) in [5.41, 5.74) is 1.24. The molecule has 0 radical (unpaired) electrons. The zero-order chi connectivity index (χ0) is 14.5. The van der Waals surface area contributed by atoms with E-state index in [1.165, 1.54) is 44.5 Å². The Labute approximate surface area is 127 Å². The van der Waals surface area contributed by atoms with Crippen LogP contribution in [0.5, 0.6) is 11.5 Å². The van der Waals surface area contributed by atoms with Crippen LogP contribution in [0, 0.1) is 0 Å². The maximum absolute atomic E-state index is 5.74. The van der Waals surface area contributed by atoms with Crippen LogP contribution in [0.15, 0.2) is 18.2 Å². The van der Waals surface area contributed by atoms with Crippen LogP contribution in [-0.2, 0) is 0 Å². The fourth-order valence-electron chi connectivity index (χ4n) is 3.30. The number of rotatable bonds is 6. The van der Waals surface area contributed by atoms with E-state index in [9.17, 15) is 0 Å². The molecule has 2 aliphatic heterocycles. The van der Waals surface area contributed by atoms with Gasteiger partial charge in [0.15, 0.2) is 0 Å². The topological polar surface area (TPSA) is 33.7 Å². The van der Waals surface area contributed by atoms with E-state index in [1.807, 2.05) is 12.1 Å². The molecule has 4 nitrogen and oxygen atoms in total. The van der Waals surface area contributed by atoms with E-state index in [4.69, 9.17) is 9.47 Å². The summed E-state index contributed by atoms with van der Waals surface area (Å²) in [6.07, 6.45) is 5.00. The van der Waals surface area contributed by atoms with Gasteiger partial charge in [-0.2, -0.15) is 0 Å².